The van der Waals surface area contributed by atoms with Crippen LogP contribution in [0.5, 0.6) is 0 Å². The number of rotatable bonds is 3. The fourth-order valence-corrected chi connectivity index (χ4v) is 4.51. The summed E-state index contributed by atoms with van der Waals surface area (Å²) in [6.45, 7) is 1.90. The lowest BCUT2D eigenvalue weighted by atomic mass is 9.94. The molecule has 4 nitrogen and oxygen atoms in total. The van der Waals surface area contributed by atoms with Gasteiger partial charge in [0.1, 0.15) is 15.7 Å². The molecular formula is C17H21FN2O2S. The molecule has 1 heterocycles. The van der Waals surface area contributed by atoms with Gasteiger partial charge < -0.3 is 5.32 Å². The highest BCUT2D eigenvalue weighted by Crippen LogP contribution is 2.30. The zero-order chi connectivity index (χ0) is 16.6. The van der Waals surface area contributed by atoms with Crippen LogP contribution in [0.2, 0.25) is 0 Å². The number of nitrogens with one attached hydrogen (secondary N) is 1. The highest BCUT2D eigenvalue weighted by molar-refractivity contribution is 7.91. The summed E-state index contributed by atoms with van der Waals surface area (Å²) in [6, 6.07) is 6.52. The highest BCUT2D eigenvalue weighted by atomic mass is 32.2. The minimum atomic E-state index is -3.02. The molecule has 2 unspecified atom stereocenters. The first-order chi connectivity index (χ1) is 10.8. The topological polar surface area (TPSA) is 59.1 Å². The number of benzene rings is 1. The van der Waals surface area contributed by atoms with Crippen molar-refractivity contribution in [3.63, 3.8) is 0 Å². The summed E-state index contributed by atoms with van der Waals surface area (Å²) >= 11 is 0. The van der Waals surface area contributed by atoms with E-state index >= 15 is 0 Å². The van der Waals surface area contributed by atoms with Crippen molar-refractivity contribution in [2.45, 2.75) is 43.9 Å². The molecular weight excluding hydrogens is 315 g/mol. The maximum atomic E-state index is 13.6. The van der Waals surface area contributed by atoms with Crippen molar-refractivity contribution in [1.82, 2.24) is 4.98 Å². The average Bonchev–Trinajstić information content (AvgIpc) is 2.47. The third-order valence-corrected chi connectivity index (χ3v) is 6.13. The van der Waals surface area contributed by atoms with Crippen LogP contribution in [0.1, 0.15) is 31.4 Å². The summed E-state index contributed by atoms with van der Waals surface area (Å²) in [5.74, 6) is -0.302. The number of fused-ring (bicyclic) bond motifs is 1. The minimum absolute atomic E-state index is 0.0803. The maximum Gasteiger partial charge on any atom is 0.150 e. The number of nitrogens with zero attached hydrogens (tertiary/aromatic N) is 1. The lowest BCUT2D eigenvalue weighted by molar-refractivity contribution is 0.453. The molecule has 1 N–H and O–H groups in total. The van der Waals surface area contributed by atoms with Gasteiger partial charge in [-0.25, -0.2) is 12.8 Å². The van der Waals surface area contributed by atoms with Crippen LogP contribution in [0.15, 0.2) is 24.3 Å². The summed E-state index contributed by atoms with van der Waals surface area (Å²) < 4.78 is 37.2. The lowest BCUT2D eigenvalue weighted by Crippen LogP contribution is -2.34. The Kier molecular flexibility index (Phi) is 4.27. The van der Waals surface area contributed by atoms with Crippen molar-refractivity contribution in [3.05, 3.63) is 35.8 Å². The third-order valence-electron chi connectivity index (χ3n) is 4.49. The molecule has 1 fully saturated rings. The van der Waals surface area contributed by atoms with Crippen molar-refractivity contribution in [2.24, 2.45) is 0 Å². The van der Waals surface area contributed by atoms with Crippen LogP contribution >= 0.6 is 0 Å². The van der Waals surface area contributed by atoms with Gasteiger partial charge in [-0.05, 0) is 50.5 Å². The van der Waals surface area contributed by atoms with E-state index in [-0.39, 0.29) is 17.1 Å². The zero-order valence-corrected chi connectivity index (χ0v) is 14.2. The van der Waals surface area contributed by atoms with Gasteiger partial charge in [-0.1, -0.05) is 6.42 Å². The predicted octanol–water partition coefficient (Wildman–Crippen LogP) is 3.45. The lowest BCUT2D eigenvalue weighted by Gasteiger charge is -2.29. The molecule has 1 saturated carbocycles. The SMILES string of the molecule is Cc1cc(NC2CCCC(S(C)(=O)=O)C2)c2cc(F)ccc2n1. The van der Waals surface area contributed by atoms with Gasteiger partial charge in [0.2, 0.25) is 0 Å². The first kappa shape index (κ1) is 16.2. The molecule has 0 saturated heterocycles. The molecule has 0 spiro atoms. The average molecular weight is 336 g/mol. The number of anilines is 1. The third kappa shape index (κ3) is 3.63. The fourth-order valence-electron chi connectivity index (χ4n) is 3.33. The summed E-state index contributed by atoms with van der Waals surface area (Å²) in [5.41, 5.74) is 2.41. The van der Waals surface area contributed by atoms with Gasteiger partial charge in [-0.2, -0.15) is 0 Å². The molecule has 0 bridgehead atoms. The van der Waals surface area contributed by atoms with E-state index in [1.807, 2.05) is 13.0 Å². The monoisotopic (exact) mass is 336 g/mol. The van der Waals surface area contributed by atoms with Crippen molar-refractivity contribution >= 4 is 26.4 Å². The van der Waals surface area contributed by atoms with Crippen LogP contribution in [0.3, 0.4) is 0 Å². The smallest absolute Gasteiger partial charge is 0.150 e. The molecule has 0 amide bonds. The Bertz CT molecular complexity index is 836. The molecule has 124 valence electrons. The van der Waals surface area contributed by atoms with Crippen molar-refractivity contribution in [2.75, 3.05) is 11.6 Å². The molecule has 0 radical (unpaired) electrons. The van der Waals surface area contributed by atoms with E-state index in [1.54, 1.807) is 6.07 Å². The Balaban J connectivity index is 1.90. The van der Waals surface area contributed by atoms with Gasteiger partial charge in [0, 0.05) is 29.1 Å². The second-order valence-corrected chi connectivity index (χ2v) is 8.76. The largest absolute Gasteiger partial charge is 0.382 e. The van der Waals surface area contributed by atoms with E-state index < -0.39 is 9.84 Å². The number of hydrogen-bond acceptors (Lipinski definition) is 4. The number of sulfone groups is 1. The summed E-state index contributed by atoms with van der Waals surface area (Å²) in [4.78, 5) is 4.42. The fraction of sp³-hybridized carbons (Fsp3) is 0.471. The second kappa shape index (κ2) is 6.07. The Hall–Kier alpha value is -1.69. The van der Waals surface area contributed by atoms with Gasteiger partial charge in [0.25, 0.3) is 0 Å². The van der Waals surface area contributed by atoms with Crippen LogP contribution in [-0.2, 0) is 9.84 Å². The molecule has 1 aliphatic rings. The standard InChI is InChI=1S/C17H21FN2O2S/c1-11-8-17(15-9-12(18)6-7-16(15)19-11)20-13-4-3-5-14(10-13)23(2,21)22/h6-9,13-14H,3-5,10H2,1-2H3,(H,19,20). The molecule has 0 aliphatic heterocycles. The van der Waals surface area contributed by atoms with E-state index in [4.69, 9.17) is 0 Å². The highest BCUT2D eigenvalue weighted by Gasteiger charge is 2.29. The first-order valence-electron chi connectivity index (χ1n) is 7.85. The predicted molar refractivity (Wildman–Crippen MR) is 90.9 cm³/mol. The Morgan fingerprint density at radius 1 is 1.26 bits per heavy atom. The Morgan fingerprint density at radius 2 is 2.04 bits per heavy atom. The maximum absolute atomic E-state index is 13.6. The van der Waals surface area contributed by atoms with Gasteiger partial charge in [0.05, 0.1) is 10.8 Å². The number of aryl methyl sites for hydroxylation is 1. The number of hydrogen-bond donors (Lipinski definition) is 1. The second-order valence-electron chi connectivity index (χ2n) is 6.43. The molecule has 2 atom stereocenters. The van der Waals surface area contributed by atoms with Crippen molar-refractivity contribution in [1.29, 1.82) is 0 Å². The zero-order valence-electron chi connectivity index (χ0n) is 13.3. The van der Waals surface area contributed by atoms with E-state index in [1.165, 1.54) is 18.4 Å². The van der Waals surface area contributed by atoms with E-state index in [0.29, 0.717) is 6.42 Å². The molecule has 3 rings (SSSR count). The van der Waals surface area contributed by atoms with Crippen LogP contribution in [-0.4, -0.2) is 30.9 Å². The van der Waals surface area contributed by atoms with E-state index in [0.717, 1.165) is 41.5 Å². The Labute approximate surface area is 136 Å². The number of halogens is 1. The van der Waals surface area contributed by atoms with E-state index in [2.05, 4.69) is 10.3 Å². The summed E-state index contributed by atoms with van der Waals surface area (Å²) in [6.07, 6.45) is 4.43. The van der Waals surface area contributed by atoms with Crippen LogP contribution in [0.25, 0.3) is 10.9 Å². The van der Waals surface area contributed by atoms with Crippen LogP contribution in [0, 0.1) is 12.7 Å². The van der Waals surface area contributed by atoms with Crippen LogP contribution in [0.4, 0.5) is 10.1 Å². The molecule has 2 aromatic rings. The van der Waals surface area contributed by atoms with Gasteiger partial charge in [-0.15, -0.1) is 0 Å². The number of pyridine rings is 1. The molecule has 6 heteroatoms. The summed E-state index contributed by atoms with van der Waals surface area (Å²) in [7, 11) is -3.02. The molecule has 1 aromatic carbocycles. The quantitative estimate of drug-likeness (QED) is 0.933. The van der Waals surface area contributed by atoms with Crippen molar-refractivity contribution in [3.8, 4) is 0 Å². The van der Waals surface area contributed by atoms with Crippen molar-refractivity contribution < 1.29 is 12.8 Å². The first-order valence-corrected chi connectivity index (χ1v) is 9.81. The van der Waals surface area contributed by atoms with Gasteiger partial charge >= 0.3 is 0 Å². The van der Waals surface area contributed by atoms with E-state index in [9.17, 15) is 12.8 Å². The number of aromatic nitrogens is 1. The molecule has 1 aromatic heterocycles. The summed E-state index contributed by atoms with van der Waals surface area (Å²) in [5, 5.41) is 3.86. The van der Waals surface area contributed by atoms with Gasteiger partial charge in [-0.3, -0.25) is 4.98 Å². The normalized spacial score (nSPS) is 22.2. The molecule has 1 aliphatic carbocycles. The minimum Gasteiger partial charge on any atom is -0.382 e. The van der Waals surface area contributed by atoms with Crippen LogP contribution < -0.4 is 5.32 Å². The Morgan fingerprint density at radius 3 is 2.78 bits per heavy atom. The molecule has 23 heavy (non-hydrogen) atoms. The van der Waals surface area contributed by atoms with Gasteiger partial charge in [0.15, 0.2) is 0 Å².